The van der Waals surface area contributed by atoms with E-state index >= 15 is 0 Å². The first-order chi connectivity index (χ1) is 7.84. The van der Waals surface area contributed by atoms with E-state index in [1.165, 1.54) is 0 Å². The summed E-state index contributed by atoms with van der Waals surface area (Å²) in [6.07, 6.45) is 1.71. The van der Waals surface area contributed by atoms with Crippen molar-refractivity contribution in [3.05, 3.63) is 36.5 Å². The first-order valence-corrected chi connectivity index (χ1v) is 4.78. The van der Waals surface area contributed by atoms with Crippen molar-refractivity contribution < 1.29 is 4.52 Å². The molecule has 0 amide bonds. The number of hydrogen-bond donors (Lipinski definition) is 1. The predicted molar refractivity (Wildman–Crippen MR) is 59.4 cm³/mol. The largest absolute Gasteiger partial charge is 0.365 e. The average Bonchev–Trinajstić information content (AvgIpc) is 2.75. The Bertz CT molecular complexity index is 642. The Morgan fingerprint density at radius 2 is 2.00 bits per heavy atom. The maximum Gasteiger partial charge on any atom is 0.261 e. The second-order valence-corrected chi connectivity index (χ2v) is 3.33. The minimum Gasteiger partial charge on any atom is -0.365 e. The van der Waals surface area contributed by atoms with Gasteiger partial charge in [0, 0.05) is 11.6 Å². The smallest absolute Gasteiger partial charge is 0.261 e. The molecule has 0 saturated carbocycles. The van der Waals surface area contributed by atoms with Crippen LogP contribution in [0.15, 0.2) is 41.1 Å². The highest BCUT2D eigenvalue weighted by Crippen LogP contribution is 2.25. The normalized spacial score (nSPS) is 10.8. The van der Waals surface area contributed by atoms with Crippen LogP contribution in [-0.4, -0.2) is 15.1 Å². The van der Waals surface area contributed by atoms with E-state index in [1.54, 1.807) is 6.20 Å². The Kier molecular flexibility index (Phi) is 1.83. The molecule has 2 N–H and O–H groups in total. The van der Waals surface area contributed by atoms with Gasteiger partial charge in [0.25, 0.3) is 11.8 Å². The third-order valence-corrected chi connectivity index (χ3v) is 2.32. The van der Waals surface area contributed by atoms with E-state index in [9.17, 15) is 0 Å². The van der Waals surface area contributed by atoms with Crippen molar-refractivity contribution >= 4 is 16.9 Å². The Hall–Kier alpha value is -2.43. The molecule has 1 aromatic carbocycles. The molecule has 5 nitrogen and oxygen atoms in total. The van der Waals surface area contributed by atoms with Crippen molar-refractivity contribution in [2.75, 3.05) is 5.73 Å². The first-order valence-electron chi connectivity index (χ1n) is 4.78. The van der Waals surface area contributed by atoms with Crippen LogP contribution >= 0.6 is 0 Å². The van der Waals surface area contributed by atoms with Gasteiger partial charge in [-0.25, -0.2) is 0 Å². The number of anilines is 1. The van der Waals surface area contributed by atoms with E-state index in [2.05, 4.69) is 15.1 Å². The van der Waals surface area contributed by atoms with Gasteiger partial charge in [-0.15, -0.1) is 0 Å². The lowest BCUT2D eigenvalue weighted by molar-refractivity contribution is 0.433. The van der Waals surface area contributed by atoms with E-state index in [0.717, 1.165) is 16.5 Å². The molecule has 0 aliphatic heterocycles. The highest BCUT2D eigenvalue weighted by Gasteiger charge is 2.10. The summed E-state index contributed by atoms with van der Waals surface area (Å²) in [4.78, 5) is 8.26. The molecular formula is C11H8N4O. The number of pyridine rings is 1. The summed E-state index contributed by atoms with van der Waals surface area (Å²) in [5, 5.41) is 4.54. The highest BCUT2D eigenvalue weighted by molar-refractivity contribution is 5.91. The van der Waals surface area contributed by atoms with Crippen LogP contribution in [0.2, 0.25) is 0 Å². The zero-order valence-electron chi connectivity index (χ0n) is 8.29. The molecule has 0 saturated heterocycles. The molecule has 0 aliphatic carbocycles. The van der Waals surface area contributed by atoms with Crippen LogP contribution in [0, 0.1) is 0 Å². The molecule has 78 valence electrons. The summed E-state index contributed by atoms with van der Waals surface area (Å²) >= 11 is 0. The predicted octanol–water partition coefficient (Wildman–Crippen LogP) is 1.87. The van der Waals surface area contributed by atoms with Gasteiger partial charge in [0.15, 0.2) is 0 Å². The monoisotopic (exact) mass is 212 g/mol. The lowest BCUT2D eigenvalue weighted by Crippen LogP contribution is -1.87. The van der Waals surface area contributed by atoms with Crippen molar-refractivity contribution in [3.8, 4) is 11.5 Å². The van der Waals surface area contributed by atoms with Crippen LogP contribution in [0.3, 0.4) is 0 Å². The minimum atomic E-state index is 0.135. The number of nitrogens with zero attached hydrogens (tertiary/aromatic N) is 3. The lowest BCUT2D eigenvalue weighted by Gasteiger charge is -2.00. The number of nitrogens with two attached hydrogens (primary N) is 1. The molecule has 0 bridgehead atoms. The van der Waals surface area contributed by atoms with Gasteiger partial charge < -0.3 is 10.3 Å². The lowest BCUT2D eigenvalue weighted by atomic mass is 10.1. The van der Waals surface area contributed by atoms with Crippen LogP contribution in [0.4, 0.5) is 5.95 Å². The molecule has 16 heavy (non-hydrogen) atoms. The van der Waals surface area contributed by atoms with Crippen molar-refractivity contribution in [2.45, 2.75) is 0 Å². The number of hydrogen-bond acceptors (Lipinski definition) is 5. The number of fused-ring (bicyclic) bond motifs is 1. The van der Waals surface area contributed by atoms with E-state index in [0.29, 0.717) is 5.89 Å². The molecule has 5 heteroatoms. The zero-order valence-corrected chi connectivity index (χ0v) is 8.29. The number of benzene rings is 1. The summed E-state index contributed by atoms with van der Waals surface area (Å²) in [6.45, 7) is 0. The Labute approximate surface area is 90.9 Å². The third-order valence-electron chi connectivity index (χ3n) is 2.32. The molecule has 0 unspecified atom stereocenters. The number of para-hydroxylation sites is 1. The van der Waals surface area contributed by atoms with Crippen molar-refractivity contribution in [2.24, 2.45) is 0 Å². The fourth-order valence-electron chi connectivity index (χ4n) is 1.63. The number of nitrogen functional groups attached to an aromatic ring is 1. The molecule has 2 aromatic heterocycles. The van der Waals surface area contributed by atoms with Gasteiger partial charge in [-0.3, -0.25) is 4.98 Å². The average molecular weight is 212 g/mol. The van der Waals surface area contributed by atoms with Crippen LogP contribution in [0.1, 0.15) is 0 Å². The van der Waals surface area contributed by atoms with Crippen LogP contribution in [-0.2, 0) is 0 Å². The molecular weight excluding hydrogens is 204 g/mol. The molecule has 3 rings (SSSR count). The van der Waals surface area contributed by atoms with E-state index < -0.39 is 0 Å². The van der Waals surface area contributed by atoms with Gasteiger partial charge in [-0.1, -0.05) is 18.2 Å². The van der Waals surface area contributed by atoms with Gasteiger partial charge in [-0.2, -0.15) is 4.98 Å². The first kappa shape index (κ1) is 8.84. The van der Waals surface area contributed by atoms with Crippen LogP contribution in [0.25, 0.3) is 22.4 Å². The zero-order chi connectivity index (χ0) is 11.0. The second-order valence-electron chi connectivity index (χ2n) is 3.33. The second kappa shape index (κ2) is 3.30. The van der Waals surface area contributed by atoms with Gasteiger partial charge in [0.05, 0.1) is 11.1 Å². The van der Waals surface area contributed by atoms with Crippen LogP contribution in [0.5, 0.6) is 0 Å². The molecule has 0 fully saturated rings. The maximum absolute atomic E-state index is 5.43. The molecule has 3 aromatic rings. The van der Waals surface area contributed by atoms with E-state index in [4.69, 9.17) is 10.3 Å². The van der Waals surface area contributed by atoms with Crippen LogP contribution < -0.4 is 5.73 Å². The van der Waals surface area contributed by atoms with Gasteiger partial charge in [-0.05, 0) is 17.3 Å². The number of aromatic nitrogens is 3. The Balaban J connectivity index is 2.31. The Morgan fingerprint density at radius 3 is 2.81 bits per heavy atom. The summed E-state index contributed by atoms with van der Waals surface area (Å²) in [6, 6.07) is 9.58. The van der Waals surface area contributed by atoms with Crippen molar-refractivity contribution in [1.82, 2.24) is 15.1 Å². The van der Waals surface area contributed by atoms with E-state index in [1.807, 2.05) is 30.3 Å². The molecule has 0 atom stereocenters. The van der Waals surface area contributed by atoms with Crippen molar-refractivity contribution in [1.29, 1.82) is 0 Å². The quantitative estimate of drug-likeness (QED) is 0.666. The summed E-state index contributed by atoms with van der Waals surface area (Å²) in [5.41, 5.74) is 7.16. The SMILES string of the molecule is Nc1noc(-c2ccnc3ccccc23)n1. The summed E-state index contributed by atoms with van der Waals surface area (Å²) in [5.74, 6) is 0.548. The topological polar surface area (TPSA) is 77.8 Å². The summed E-state index contributed by atoms with van der Waals surface area (Å²) < 4.78 is 5.04. The van der Waals surface area contributed by atoms with Crippen molar-refractivity contribution in [3.63, 3.8) is 0 Å². The Morgan fingerprint density at radius 1 is 1.12 bits per heavy atom. The van der Waals surface area contributed by atoms with Gasteiger partial charge >= 0.3 is 0 Å². The third kappa shape index (κ3) is 1.30. The fraction of sp³-hybridized carbons (Fsp3) is 0. The van der Waals surface area contributed by atoms with E-state index in [-0.39, 0.29) is 5.95 Å². The molecule has 0 radical (unpaired) electrons. The maximum atomic E-state index is 5.43. The molecule has 2 heterocycles. The number of rotatable bonds is 1. The molecule has 0 spiro atoms. The standard InChI is InChI=1S/C11H8N4O/c12-11-14-10(16-15-11)8-5-6-13-9-4-2-1-3-7(8)9/h1-6H,(H2,12,15). The van der Waals surface area contributed by atoms with Gasteiger partial charge in [0.1, 0.15) is 0 Å². The molecule has 0 aliphatic rings. The fourth-order valence-corrected chi connectivity index (χ4v) is 1.63. The summed E-state index contributed by atoms with van der Waals surface area (Å²) in [7, 11) is 0. The minimum absolute atomic E-state index is 0.135. The van der Waals surface area contributed by atoms with Gasteiger partial charge in [0.2, 0.25) is 0 Å². The highest BCUT2D eigenvalue weighted by atomic mass is 16.5.